The first kappa shape index (κ1) is 25.2. The van der Waals surface area contributed by atoms with E-state index in [4.69, 9.17) is 14.2 Å². The van der Waals surface area contributed by atoms with Crippen molar-refractivity contribution in [2.75, 3.05) is 47.1 Å². The summed E-state index contributed by atoms with van der Waals surface area (Å²) in [7, 11) is 3.56. The molecule has 2 fully saturated rings. The van der Waals surface area contributed by atoms with Crippen LogP contribution in [0.2, 0.25) is 0 Å². The van der Waals surface area contributed by atoms with Crippen molar-refractivity contribution in [1.29, 1.82) is 0 Å². The molecule has 1 aliphatic carbocycles. The summed E-state index contributed by atoms with van der Waals surface area (Å²) in [6.45, 7) is 4.89. The van der Waals surface area contributed by atoms with E-state index in [1.54, 1.807) is 7.11 Å². The Hall–Kier alpha value is -1.06. The summed E-state index contributed by atoms with van der Waals surface area (Å²) in [4.78, 5) is 6.79. The molecule has 1 saturated heterocycles. The van der Waals surface area contributed by atoms with Crippen molar-refractivity contribution in [2.45, 2.75) is 51.2 Å². The van der Waals surface area contributed by atoms with E-state index in [0.717, 1.165) is 44.4 Å². The van der Waals surface area contributed by atoms with E-state index in [1.807, 2.05) is 7.05 Å². The second-order valence-corrected chi connectivity index (χ2v) is 8.09. The third-order valence-corrected chi connectivity index (χ3v) is 5.81. The van der Waals surface area contributed by atoms with Crippen LogP contribution in [0.5, 0.6) is 5.75 Å². The summed E-state index contributed by atoms with van der Waals surface area (Å²) in [5.41, 5.74) is 1.24. The maximum atomic E-state index is 6.13. The molecule has 1 unspecified atom stereocenters. The highest BCUT2D eigenvalue weighted by molar-refractivity contribution is 14.0. The van der Waals surface area contributed by atoms with Gasteiger partial charge in [-0.3, -0.25) is 4.99 Å². The molecule has 0 aromatic heterocycles. The Morgan fingerprint density at radius 1 is 1.10 bits per heavy atom. The average molecular weight is 531 g/mol. The number of methoxy groups -OCH3 is 1. The Balaban J connectivity index is 0.00000320. The number of aliphatic imine (C=N–C) groups is 1. The molecule has 0 radical (unpaired) electrons. The maximum Gasteiger partial charge on any atom is 0.193 e. The van der Waals surface area contributed by atoms with E-state index < -0.39 is 0 Å². The van der Waals surface area contributed by atoms with Gasteiger partial charge in [0.25, 0.3) is 0 Å². The molecule has 1 aromatic carbocycles. The predicted octanol–water partition coefficient (Wildman–Crippen LogP) is 4.08. The molecule has 0 amide bonds. The minimum absolute atomic E-state index is 0. The van der Waals surface area contributed by atoms with Crippen molar-refractivity contribution in [3.63, 3.8) is 0 Å². The SMILES string of the molecule is CN=C(NCc1ccc(OC2CCCCC2)cc1)N1CCC(COCCOC)C1.I. The van der Waals surface area contributed by atoms with Gasteiger partial charge in [-0.25, -0.2) is 0 Å². The molecule has 0 spiro atoms. The first-order valence-electron chi connectivity index (χ1n) is 11.1. The van der Waals surface area contributed by atoms with Crippen LogP contribution in [0, 0.1) is 5.92 Å². The zero-order valence-electron chi connectivity index (χ0n) is 18.5. The number of likely N-dealkylation sites (tertiary alicyclic amines) is 1. The van der Waals surface area contributed by atoms with Gasteiger partial charge in [0.2, 0.25) is 0 Å². The Kier molecular flexibility index (Phi) is 11.8. The highest BCUT2D eigenvalue weighted by Gasteiger charge is 2.24. The molecule has 7 heteroatoms. The molecule has 6 nitrogen and oxygen atoms in total. The Morgan fingerprint density at radius 2 is 1.87 bits per heavy atom. The van der Waals surface area contributed by atoms with Crippen molar-refractivity contribution >= 4 is 29.9 Å². The van der Waals surface area contributed by atoms with E-state index in [-0.39, 0.29) is 24.0 Å². The lowest BCUT2D eigenvalue weighted by molar-refractivity contribution is 0.0536. The molecule has 1 aromatic rings. The van der Waals surface area contributed by atoms with Crippen LogP contribution in [0.4, 0.5) is 0 Å². The van der Waals surface area contributed by atoms with E-state index in [2.05, 4.69) is 39.5 Å². The normalized spacial score (nSPS) is 20.1. The maximum absolute atomic E-state index is 6.13. The summed E-state index contributed by atoms with van der Waals surface area (Å²) >= 11 is 0. The molecule has 1 atom stereocenters. The number of hydrogen-bond acceptors (Lipinski definition) is 4. The van der Waals surface area contributed by atoms with E-state index in [0.29, 0.717) is 25.2 Å². The number of hydrogen-bond donors (Lipinski definition) is 1. The summed E-state index contributed by atoms with van der Waals surface area (Å²) < 4.78 is 16.8. The van der Waals surface area contributed by atoms with Crippen molar-refractivity contribution in [1.82, 2.24) is 10.2 Å². The van der Waals surface area contributed by atoms with Gasteiger partial charge >= 0.3 is 0 Å². The first-order valence-corrected chi connectivity index (χ1v) is 11.1. The zero-order chi connectivity index (χ0) is 20.3. The van der Waals surface area contributed by atoms with Crippen molar-refractivity contribution in [3.05, 3.63) is 29.8 Å². The lowest BCUT2D eigenvalue weighted by Crippen LogP contribution is -2.39. The molecule has 1 saturated carbocycles. The molecule has 1 heterocycles. The number of ether oxygens (including phenoxy) is 3. The molecule has 3 rings (SSSR count). The Bertz CT molecular complexity index is 621. The topological polar surface area (TPSA) is 55.3 Å². The minimum Gasteiger partial charge on any atom is -0.490 e. The van der Waals surface area contributed by atoms with Crippen LogP contribution in [0.3, 0.4) is 0 Å². The lowest BCUT2D eigenvalue weighted by atomic mass is 9.98. The number of guanidine groups is 1. The highest BCUT2D eigenvalue weighted by Crippen LogP contribution is 2.23. The largest absolute Gasteiger partial charge is 0.490 e. The molecule has 0 bridgehead atoms. The van der Waals surface area contributed by atoms with Gasteiger partial charge in [0.1, 0.15) is 5.75 Å². The van der Waals surface area contributed by atoms with Gasteiger partial charge < -0.3 is 24.4 Å². The monoisotopic (exact) mass is 531 g/mol. The van der Waals surface area contributed by atoms with Crippen LogP contribution in [0.15, 0.2) is 29.3 Å². The molecular weight excluding hydrogens is 493 g/mol. The first-order chi connectivity index (χ1) is 14.3. The smallest absolute Gasteiger partial charge is 0.193 e. The fraction of sp³-hybridized carbons (Fsp3) is 0.696. The molecule has 30 heavy (non-hydrogen) atoms. The van der Waals surface area contributed by atoms with E-state index >= 15 is 0 Å². The molecule has 2 aliphatic rings. The van der Waals surface area contributed by atoms with E-state index in [1.165, 1.54) is 37.7 Å². The quantitative estimate of drug-likeness (QED) is 0.225. The van der Waals surface area contributed by atoms with Crippen molar-refractivity contribution in [2.24, 2.45) is 10.9 Å². The summed E-state index contributed by atoms with van der Waals surface area (Å²) in [5, 5.41) is 3.50. The third-order valence-electron chi connectivity index (χ3n) is 5.81. The second kappa shape index (κ2) is 14.1. The van der Waals surface area contributed by atoms with Crippen molar-refractivity contribution < 1.29 is 14.2 Å². The minimum atomic E-state index is 0. The fourth-order valence-corrected chi connectivity index (χ4v) is 4.13. The van der Waals surface area contributed by atoms with Crippen LogP contribution < -0.4 is 10.1 Å². The standard InChI is InChI=1S/C23H37N3O3.HI/c1-24-23(26-13-12-20(17-26)18-28-15-14-27-2)25-16-19-8-10-22(11-9-19)29-21-6-4-3-5-7-21;/h8-11,20-21H,3-7,12-18H2,1-2H3,(H,24,25);1H. The van der Waals surface area contributed by atoms with Crippen LogP contribution in [-0.2, 0) is 16.0 Å². The van der Waals surface area contributed by atoms with Gasteiger partial charge in [-0.1, -0.05) is 18.6 Å². The third kappa shape index (κ3) is 8.23. The summed E-state index contributed by atoms with van der Waals surface area (Å²) in [5.74, 6) is 2.51. The molecule has 1 N–H and O–H groups in total. The predicted molar refractivity (Wildman–Crippen MR) is 132 cm³/mol. The van der Waals surface area contributed by atoms with E-state index in [9.17, 15) is 0 Å². The summed E-state index contributed by atoms with van der Waals surface area (Å²) in [6, 6.07) is 8.49. The Morgan fingerprint density at radius 3 is 2.57 bits per heavy atom. The van der Waals surface area contributed by atoms with Crippen LogP contribution in [0.25, 0.3) is 0 Å². The number of benzene rings is 1. The van der Waals surface area contributed by atoms with Crippen LogP contribution in [-0.4, -0.2) is 64.0 Å². The van der Waals surface area contributed by atoms with Gasteiger partial charge in [0.15, 0.2) is 5.96 Å². The Labute approximate surface area is 198 Å². The number of nitrogens with one attached hydrogen (secondary N) is 1. The molecule has 1 aliphatic heterocycles. The zero-order valence-corrected chi connectivity index (χ0v) is 20.8. The average Bonchev–Trinajstić information content (AvgIpc) is 3.22. The number of nitrogens with zero attached hydrogens (tertiary/aromatic N) is 2. The number of rotatable bonds is 9. The van der Waals surface area contributed by atoms with Gasteiger partial charge in [0.05, 0.1) is 25.9 Å². The van der Waals surface area contributed by atoms with Gasteiger partial charge in [-0.15, -0.1) is 24.0 Å². The second-order valence-electron chi connectivity index (χ2n) is 8.09. The lowest BCUT2D eigenvalue weighted by Gasteiger charge is -2.23. The summed E-state index contributed by atoms with van der Waals surface area (Å²) in [6.07, 6.45) is 7.85. The van der Waals surface area contributed by atoms with Crippen LogP contribution in [0.1, 0.15) is 44.1 Å². The number of halogens is 1. The highest BCUT2D eigenvalue weighted by atomic mass is 127. The molecule has 170 valence electrons. The van der Waals surface area contributed by atoms with Gasteiger partial charge in [-0.2, -0.15) is 0 Å². The molecular formula is C23H38IN3O3. The van der Waals surface area contributed by atoms with Crippen molar-refractivity contribution in [3.8, 4) is 5.75 Å². The van der Waals surface area contributed by atoms with Gasteiger partial charge in [-0.05, 0) is 49.8 Å². The fourth-order valence-electron chi connectivity index (χ4n) is 4.13. The van der Waals surface area contributed by atoms with Gasteiger partial charge in [0, 0.05) is 39.7 Å². The van der Waals surface area contributed by atoms with Crippen LogP contribution >= 0.6 is 24.0 Å².